The monoisotopic (exact) mass is 411 g/mol. The van der Waals surface area contributed by atoms with Crippen molar-refractivity contribution in [3.05, 3.63) is 74.3 Å². The lowest BCUT2D eigenvalue weighted by Crippen LogP contribution is -2.32. The lowest BCUT2D eigenvalue weighted by molar-refractivity contribution is -0.394. The molecule has 1 aliphatic heterocycles. The van der Waals surface area contributed by atoms with Gasteiger partial charge in [-0.25, -0.2) is 0 Å². The number of benzene rings is 2. The molecular weight excluding hydrogens is 395 g/mol. The number of rotatable bonds is 3. The minimum Gasteiger partial charge on any atom is -0.286 e. The summed E-state index contributed by atoms with van der Waals surface area (Å²) in [6.07, 6.45) is -3.86. The maximum absolute atomic E-state index is 12.2. The molecule has 29 heavy (non-hydrogen) atoms. The Labute approximate surface area is 162 Å². The standard InChI is InChI=1S/C10H13N3.C7H3F3N2O4/c1-11-10-7-8-13(12-10)9-5-3-2-4-6-9;8-7(9,10)4-1-5(11(13)14)3-6(2-4)12(15)16/h2-6H,7-8H2,1H3,(H,11,12);1-3H. The fraction of sp³-hybridized carbons (Fsp3) is 0.235. The molecule has 2 aromatic rings. The predicted octanol–water partition coefficient (Wildman–Crippen LogP) is 3.95. The zero-order chi connectivity index (χ0) is 21.6. The van der Waals surface area contributed by atoms with E-state index in [9.17, 15) is 33.4 Å². The molecule has 0 aromatic heterocycles. The van der Waals surface area contributed by atoms with E-state index in [-0.39, 0.29) is 12.1 Å². The van der Waals surface area contributed by atoms with Crippen molar-refractivity contribution in [2.75, 3.05) is 18.6 Å². The number of alkyl halides is 3. The maximum Gasteiger partial charge on any atom is 0.416 e. The molecule has 0 unspecified atom stereocenters. The van der Waals surface area contributed by atoms with E-state index >= 15 is 0 Å². The topological polar surface area (TPSA) is 114 Å². The first-order valence-corrected chi connectivity index (χ1v) is 8.18. The Morgan fingerprint density at radius 3 is 2.00 bits per heavy atom. The number of hydrogen-bond donors (Lipinski definition) is 1. The number of anilines is 1. The highest BCUT2D eigenvalue weighted by Gasteiger charge is 2.34. The number of hydrogen-bond acceptors (Lipinski definition) is 6. The van der Waals surface area contributed by atoms with Gasteiger partial charge in [-0.05, 0) is 12.1 Å². The molecule has 9 nitrogen and oxygen atoms in total. The molecule has 1 fully saturated rings. The van der Waals surface area contributed by atoms with Crippen LogP contribution in [0.4, 0.5) is 30.2 Å². The SMILES string of the molecule is CN=C1CCN(c2ccccc2)N1.O=[N+]([O-])c1cc([N+](=O)[O-])cc(C(F)(F)F)c1. The van der Waals surface area contributed by atoms with Crippen LogP contribution in [0.1, 0.15) is 12.0 Å². The molecule has 2 aromatic carbocycles. The van der Waals surface area contributed by atoms with Crippen LogP contribution in [-0.2, 0) is 6.18 Å². The van der Waals surface area contributed by atoms with Gasteiger partial charge in [0, 0.05) is 32.1 Å². The van der Waals surface area contributed by atoms with Gasteiger partial charge in [-0.3, -0.25) is 35.7 Å². The summed E-state index contributed by atoms with van der Waals surface area (Å²) in [4.78, 5) is 22.4. The minimum atomic E-state index is -4.86. The van der Waals surface area contributed by atoms with E-state index in [4.69, 9.17) is 0 Å². The van der Waals surface area contributed by atoms with Gasteiger partial charge in [0.2, 0.25) is 0 Å². The third kappa shape index (κ3) is 5.89. The minimum absolute atomic E-state index is 0.243. The Morgan fingerprint density at radius 1 is 1.03 bits per heavy atom. The Morgan fingerprint density at radius 2 is 1.59 bits per heavy atom. The van der Waals surface area contributed by atoms with Crippen molar-refractivity contribution < 1.29 is 23.0 Å². The summed E-state index contributed by atoms with van der Waals surface area (Å²) in [5, 5.41) is 22.7. The number of hydrazine groups is 1. The Hall–Kier alpha value is -3.70. The number of nitrogens with one attached hydrogen (secondary N) is 1. The van der Waals surface area contributed by atoms with E-state index in [0.29, 0.717) is 6.07 Å². The fourth-order valence-electron chi connectivity index (χ4n) is 2.42. The second-order valence-corrected chi connectivity index (χ2v) is 5.77. The van der Waals surface area contributed by atoms with Crippen molar-refractivity contribution in [3.8, 4) is 0 Å². The van der Waals surface area contributed by atoms with Crippen LogP contribution in [0.5, 0.6) is 0 Å². The van der Waals surface area contributed by atoms with Crippen LogP contribution >= 0.6 is 0 Å². The van der Waals surface area contributed by atoms with E-state index in [1.807, 2.05) is 25.2 Å². The number of nitro benzene ring substituents is 2. The van der Waals surface area contributed by atoms with E-state index in [1.165, 1.54) is 5.69 Å². The molecule has 0 spiro atoms. The van der Waals surface area contributed by atoms with E-state index in [1.54, 1.807) is 0 Å². The van der Waals surface area contributed by atoms with Gasteiger partial charge < -0.3 is 0 Å². The van der Waals surface area contributed by atoms with E-state index in [2.05, 4.69) is 27.6 Å². The highest BCUT2D eigenvalue weighted by molar-refractivity contribution is 5.86. The molecule has 0 aliphatic carbocycles. The van der Waals surface area contributed by atoms with Crippen molar-refractivity contribution in [1.82, 2.24) is 5.43 Å². The van der Waals surface area contributed by atoms with Gasteiger partial charge in [-0.2, -0.15) is 13.2 Å². The van der Waals surface area contributed by atoms with Crippen LogP contribution in [0.3, 0.4) is 0 Å². The van der Waals surface area contributed by atoms with Crippen LogP contribution in [0, 0.1) is 20.2 Å². The molecule has 0 radical (unpaired) electrons. The molecule has 0 saturated carbocycles. The molecule has 1 saturated heterocycles. The van der Waals surface area contributed by atoms with Crippen LogP contribution in [-0.4, -0.2) is 29.3 Å². The molecule has 3 rings (SSSR count). The summed E-state index contributed by atoms with van der Waals surface area (Å²) in [5.74, 6) is 1.06. The van der Waals surface area contributed by atoms with Gasteiger partial charge >= 0.3 is 6.18 Å². The highest BCUT2D eigenvalue weighted by Crippen LogP contribution is 2.34. The smallest absolute Gasteiger partial charge is 0.286 e. The van der Waals surface area contributed by atoms with Gasteiger partial charge in [0.1, 0.15) is 5.84 Å². The predicted molar refractivity (Wildman–Crippen MR) is 99.7 cm³/mol. The summed E-state index contributed by atoms with van der Waals surface area (Å²) in [6, 6.07) is 11.2. The summed E-state index contributed by atoms with van der Waals surface area (Å²) < 4.78 is 36.7. The summed E-state index contributed by atoms with van der Waals surface area (Å²) in [5.41, 5.74) is 1.07. The van der Waals surface area contributed by atoms with Crippen LogP contribution in [0.25, 0.3) is 0 Å². The number of aliphatic imine (C=N–C) groups is 1. The number of amidine groups is 1. The highest BCUT2D eigenvalue weighted by atomic mass is 19.4. The first kappa shape index (κ1) is 21.6. The quantitative estimate of drug-likeness (QED) is 0.604. The van der Waals surface area contributed by atoms with Gasteiger partial charge in [-0.15, -0.1) is 0 Å². The van der Waals surface area contributed by atoms with Crippen molar-refractivity contribution in [2.24, 2.45) is 4.99 Å². The van der Waals surface area contributed by atoms with Crippen molar-refractivity contribution in [3.63, 3.8) is 0 Å². The third-order valence-electron chi connectivity index (χ3n) is 3.83. The van der Waals surface area contributed by atoms with Gasteiger partial charge in [0.25, 0.3) is 11.4 Å². The Kier molecular flexibility index (Phi) is 6.70. The number of non-ortho nitro benzene ring substituents is 2. The number of nitro groups is 2. The van der Waals surface area contributed by atoms with Crippen LogP contribution < -0.4 is 10.4 Å². The molecule has 12 heteroatoms. The zero-order valence-corrected chi connectivity index (χ0v) is 15.1. The first-order chi connectivity index (χ1) is 13.6. The molecule has 0 amide bonds. The number of halogens is 3. The zero-order valence-electron chi connectivity index (χ0n) is 15.1. The van der Waals surface area contributed by atoms with E-state index in [0.717, 1.165) is 18.8 Å². The normalized spacial score (nSPS) is 14.8. The molecule has 1 N–H and O–H groups in total. The van der Waals surface area contributed by atoms with Gasteiger partial charge in [0.05, 0.1) is 27.2 Å². The molecule has 154 valence electrons. The summed E-state index contributed by atoms with van der Waals surface area (Å²) in [6.45, 7) is 0.997. The largest absolute Gasteiger partial charge is 0.416 e. The molecule has 1 heterocycles. The lowest BCUT2D eigenvalue weighted by atomic mass is 10.1. The average Bonchev–Trinajstić information content (AvgIpc) is 3.17. The third-order valence-corrected chi connectivity index (χ3v) is 3.83. The fourth-order valence-corrected chi connectivity index (χ4v) is 2.42. The maximum atomic E-state index is 12.2. The average molecular weight is 411 g/mol. The molecule has 1 aliphatic rings. The lowest BCUT2D eigenvalue weighted by Gasteiger charge is -2.17. The summed E-state index contributed by atoms with van der Waals surface area (Å²) in [7, 11) is 1.82. The Balaban J connectivity index is 0.000000211. The second-order valence-electron chi connectivity index (χ2n) is 5.77. The van der Waals surface area contributed by atoms with Crippen LogP contribution in [0.2, 0.25) is 0 Å². The van der Waals surface area contributed by atoms with Crippen molar-refractivity contribution >= 4 is 22.9 Å². The number of nitrogens with zero attached hydrogens (tertiary/aromatic N) is 4. The molecule has 0 atom stereocenters. The molecular formula is C17H16F3N5O4. The van der Waals surface area contributed by atoms with Crippen molar-refractivity contribution in [1.29, 1.82) is 0 Å². The first-order valence-electron chi connectivity index (χ1n) is 8.18. The van der Waals surface area contributed by atoms with Gasteiger partial charge in [0.15, 0.2) is 0 Å². The molecule has 0 bridgehead atoms. The summed E-state index contributed by atoms with van der Waals surface area (Å²) >= 11 is 0. The number of para-hydroxylation sites is 1. The Bertz CT molecular complexity index is 887. The van der Waals surface area contributed by atoms with E-state index < -0.39 is 33.0 Å². The van der Waals surface area contributed by atoms with Crippen LogP contribution in [0.15, 0.2) is 53.5 Å². The van der Waals surface area contributed by atoms with Gasteiger partial charge in [-0.1, -0.05) is 18.2 Å². The second kappa shape index (κ2) is 8.99. The van der Waals surface area contributed by atoms with Crippen molar-refractivity contribution in [2.45, 2.75) is 12.6 Å².